The van der Waals surface area contributed by atoms with Crippen LogP contribution in [0, 0.1) is 11.6 Å². The molecule has 26 heavy (non-hydrogen) atoms. The van der Waals surface area contributed by atoms with E-state index in [2.05, 4.69) is 10.4 Å². The summed E-state index contributed by atoms with van der Waals surface area (Å²) in [5, 5.41) is 6.50. The van der Waals surface area contributed by atoms with Gasteiger partial charge in [-0.25, -0.2) is 8.78 Å². The number of carbonyl (C=O) groups is 1. The van der Waals surface area contributed by atoms with E-state index in [1.165, 1.54) is 49.6 Å². The van der Waals surface area contributed by atoms with Gasteiger partial charge in [-0.2, -0.15) is 9.78 Å². The number of anilines is 1. The summed E-state index contributed by atoms with van der Waals surface area (Å²) in [6, 6.07) is 11.5. The van der Waals surface area contributed by atoms with E-state index in [1.807, 2.05) is 0 Å². The summed E-state index contributed by atoms with van der Waals surface area (Å²) >= 11 is 0. The molecule has 132 valence electrons. The van der Waals surface area contributed by atoms with Crippen LogP contribution >= 0.6 is 0 Å². The molecular weight excluding hydrogens is 344 g/mol. The zero-order valence-corrected chi connectivity index (χ0v) is 13.6. The van der Waals surface area contributed by atoms with E-state index in [0.29, 0.717) is 0 Å². The summed E-state index contributed by atoms with van der Waals surface area (Å²) in [5.41, 5.74) is -0.242. The van der Waals surface area contributed by atoms with Crippen LogP contribution in [0.3, 0.4) is 0 Å². The van der Waals surface area contributed by atoms with Crippen molar-refractivity contribution in [3.05, 3.63) is 82.3 Å². The second-order valence-electron chi connectivity index (χ2n) is 5.25. The maximum atomic E-state index is 13.3. The van der Waals surface area contributed by atoms with Gasteiger partial charge in [0.15, 0.2) is 11.4 Å². The fraction of sp³-hybridized carbons (Fsp3) is 0.0556. The third-order valence-electron chi connectivity index (χ3n) is 3.49. The van der Waals surface area contributed by atoms with E-state index in [-0.39, 0.29) is 22.8 Å². The normalized spacial score (nSPS) is 10.4. The smallest absolute Gasteiger partial charge is 0.280 e. The molecule has 3 aromatic rings. The molecule has 0 fully saturated rings. The first-order chi connectivity index (χ1) is 12.5. The number of rotatable bonds is 4. The molecule has 0 saturated carbocycles. The molecule has 1 heterocycles. The number of nitrogens with one attached hydrogen (secondary N) is 1. The van der Waals surface area contributed by atoms with Crippen LogP contribution in [-0.4, -0.2) is 22.8 Å². The first kappa shape index (κ1) is 17.3. The molecule has 0 unspecified atom stereocenters. The number of hydrogen-bond donors (Lipinski definition) is 1. The lowest BCUT2D eigenvalue weighted by Crippen LogP contribution is -2.26. The average molecular weight is 357 g/mol. The SMILES string of the molecule is COc1cc(=O)n(-c2ccc(F)cc2)nc1C(=O)Nc1cccc(F)c1. The maximum Gasteiger partial charge on any atom is 0.280 e. The Labute approximate surface area is 146 Å². The highest BCUT2D eigenvalue weighted by molar-refractivity contribution is 6.04. The zero-order chi connectivity index (χ0) is 18.7. The largest absolute Gasteiger partial charge is 0.494 e. The molecule has 3 rings (SSSR count). The van der Waals surface area contributed by atoms with Crippen molar-refractivity contribution in [2.75, 3.05) is 12.4 Å². The van der Waals surface area contributed by atoms with Gasteiger partial charge in [-0.1, -0.05) is 6.07 Å². The number of hydrogen-bond acceptors (Lipinski definition) is 4. The molecule has 0 spiro atoms. The van der Waals surface area contributed by atoms with E-state index >= 15 is 0 Å². The van der Waals surface area contributed by atoms with Crippen molar-refractivity contribution in [3.63, 3.8) is 0 Å². The Balaban J connectivity index is 2.02. The Morgan fingerprint density at radius 2 is 1.81 bits per heavy atom. The molecule has 2 aromatic carbocycles. The second kappa shape index (κ2) is 7.14. The molecule has 0 aliphatic carbocycles. The van der Waals surface area contributed by atoms with Crippen LogP contribution in [0.15, 0.2) is 59.4 Å². The lowest BCUT2D eigenvalue weighted by molar-refractivity contribution is 0.101. The summed E-state index contributed by atoms with van der Waals surface area (Å²) in [6.07, 6.45) is 0. The number of carbonyl (C=O) groups excluding carboxylic acids is 1. The molecule has 0 aliphatic rings. The molecule has 1 N–H and O–H groups in total. The summed E-state index contributed by atoms with van der Waals surface area (Å²) in [5.74, 6) is -1.72. The van der Waals surface area contributed by atoms with Gasteiger partial charge in [0.2, 0.25) is 0 Å². The molecule has 0 atom stereocenters. The van der Waals surface area contributed by atoms with E-state index < -0.39 is 23.1 Å². The lowest BCUT2D eigenvalue weighted by atomic mass is 10.2. The zero-order valence-electron chi connectivity index (χ0n) is 13.6. The van der Waals surface area contributed by atoms with E-state index in [0.717, 1.165) is 16.8 Å². The van der Waals surface area contributed by atoms with Crippen molar-refractivity contribution < 1.29 is 18.3 Å². The Bertz CT molecular complexity index is 1020. The van der Waals surface area contributed by atoms with Crippen molar-refractivity contribution in [1.82, 2.24) is 9.78 Å². The fourth-order valence-corrected chi connectivity index (χ4v) is 2.28. The lowest BCUT2D eigenvalue weighted by Gasteiger charge is -2.11. The van der Waals surface area contributed by atoms with Gasteiger partial charge in [-0.05, 0) is 42.5 Å². The van der Waals surface area contributed by atoms with Crippen molar-refractivity contribution in [3.8, 4) is 11.4 Å². The van der Waals surface area contributed by atoms with E-state index in [9.17, 15) is 18.4 Å². The first-order valence-electron chi connectivity index (χ1n) is 7.49. The number of methoxy groups -OCH3 is 1. The maximum absolute atomic E-state index is 13.3. The van der Waals surface area contributed by atoms with Gasteiger partial charge in [0.05, 0.1) is 18.9 Å². The van der Waals surface area contributed by atoms with Crippen molar-refractivity contribution in [2.45, 2.75) is 0 Å². The third-order valence-corrected chi connectivity index (χ3v) is 3.49. The standard InChI is InChI=1S/C18H13F2N3O3/c1-26-15-10-16(24)23(14-7-5-11(19)6-8-14)22-17(15)18(25)21-13-4-2-3-12(20)9-13/h2-10H,1H3,(H,21,25). The van der Waals surface area contributed by atoms with Crippen LogP contribution in [0.5, 0.6) is 5.75 Å². The number of aromatic nitrogens is 2. The molecule has 8 heteroatoms. The first-order valence-corrected chi connectivity index (χ1v) is 7.49. The fourth-order valence-electron chi connectivity index (χ4n) is 2.28. The summed E-state index contributed by atoms with van der Waals surface area (Å²) < 4.78 is 32.3. The average Bonchev–Trinajstić information content (AvgIpc) is 2.62. The minimum atomic E-state index is -0.691. The van der Waals surface area contributed by atoms with Crippen LogP contribution in [0.1, 0.15) is 10.5 Å². The number of nitrogens with zero attached hydrogens (tertiary/aromatic N) is 2. The topological polar surface area (TPSA) is 73.2 Å². The van der Waals surface area contributed by atoms with Crippen LogP contribution in [0.4, 0.5) is 14.5 Å². The van der Waals surface area contributed by atoms with Gasteiger partial charge >= 0.3 is 0 Å². The molecule has 0 saturated heterocycles. The second-order valence-corrected chi connectivity index (χ2v) is 5.25. The van der Waals surface area contributed by atoms with Crippen molar-refractivity contribution >= 4 is 11.6 Å². The highest BCUT2D eigenvalue weighted by atomic mass is 19.1. The van der Waals surface area contributed by atoms with Crippen LogP contribution in [-0.2, 0) is 0 Å². The minimum absolute atomic E-state index is 0.0396. The predicted molar refractivity (Wildman–Crippen MR) is 90.7 cm³/mol. The Morgan fingerprint density at radius 1 is 1.08 bits per heavy atom. The Kier molecular flexibility index (Phi) is 4.74. The highest BCUT2D eigenvalue weighted by Crippen LogP contribution is 2.17. The highest BCUT2D eigenvalue weighted by Gasteiger charge is 2.18. The van der Waals surface area contributed by atoms with Gasteiger partial charge < -0.3 is 10.1 Å². The Hall–Kier alpha value is -3.55. The molecule has 0 bridgehead atoms. The van der Waals surface area contributed by atoms with Crippen molar-refractivity contribution in [1.29, 1.82) is 0 Å². The van der Waals surface area contributed by atoms with Gasteiger partial charge in [0.25, 0.3) is 11.5 Å². The van der Waals surface area contributed by atoms with Gasteiger partial charge in [0, 0.05) is 5.69 Å². The Morgan fingerprint density at radius 3 is 2.46 bits per heavy atom. The monoisotopic (exact) mass is 357 g/mol. The van der Waals surface area contributed by atoms with Crippen LogP contribution in [0.25, 0.3) is 5.69 Å². The van der Waals surface area contributed by atoms with E-state index in [4.69, 9.17) is 4.74 Å². The number of amides is 1. The molecule has 0 aliphatic heterocycles. The van der Waals surface area contributed by atoms with E-state index in [1.54, 1.807) is 0 Å². The molecular formula is C18H13F2N3O3. The number of ether oxygens (including phenoxy) is 1. The van der Waals surface area contributed by atoms with Gasteiger partial charge in [-0.15, -0.1) is 0 Å². The van der Waals surface area contributed by atoms with Crippen LogP contribution in [0.2, 0.25) is 0 Å². The molecule has 1 amide bonds. The predicted octanol–water partition coefficient (Wildman–Crippen LogP) is 2.77. The quantitative estimate of drug-likeness (QED) is 0.779. The van der Waals surface area contributed by atoms with Crippen LogP contribution < -0.4 is 15.6 Å². The molecule has 6 nitrogen and oxygen atoms in total. The third kappa shape index (κ3) is 3.59. The number of benzene rings is 2. The number of halogens is 2. The molecule has 0 radical (unpaired) electrons. The summed E-state index contributed by atoms with van der Waals surface area (Å²) in [6.45, 7) is 0. The van der Waals surface area contributed by atoms with Gasteiger partial charge in [0.1, 0.15) is 11.6 Å². The summed E-state index contributed by atoms with van der Waals surface area (Å²) in [4.78, 5) is 24.7. The van der Waals surface area contributed by atoms with Gasteiger partial charge in [-0.3, -0.25) is 9.59 Å². The minimum Gasteiger partial charge on any atom is -0.494 e. The summed E-state index contributed by atoms with van der Waals surface area (Å²) in [7, 11) is 1.29. The van der Waals surface area contributed by atoms with Crippen molar-refractivity contribution in [2.24, 2.45) is 0 Å². The molecule has 1 aromatic heterocycles.